The Morgan fingerprint density at radius 1 is 0.618 bits per heavy atom. The maximum absolute atomic E-state index is 12.9. The summed E-state index contributed by atoms with van der Waals surface area (Å²) in [6, 6.07) is 36.8. The van der Waals surface area contributed by atoms with Crippen LogP contribution in [0.15, 0.2) is 126 Å². The third kappa shape index (κ3) is 4.66. The average Bonchev–Trinajstić information content (AvgIpc) is 3.25. The Morgan fingerprint density at radius 3 is 2.06 bits per heavy atom. The van der Waals surface area contributed by atoms with Crippen LogP contribution in [0.25, 0.3) is 5.69 Å². The van der Waals surface area contributed by atoms with Crippen molar-refractivity contribution in [3.63, 3.8) is 0 Å². The first-order valence-electron chi connectivity index (χ1n) is 11.3. The first-order valence-corrected chi connectivity index (χ1v) is 11.3. The Labute approximate surface area is 198 Å². The van der Waals surface area contributed by atoms with Crippen LogP contribution in [0.3, 0.4) is 0 Å². The lowest BCUT2D eigenvalue weighted by atomic mass is 10.0. The van der Waals surface area contributed by atoms with Gasteiger partial charge in [0.25, 0.3) is 5.56 Å². The van der Waals surface area contributed by atoms with E-state index in [4.69, 9.17) is 0 Å². The quantitative estimate of drug-likeness (QED) is 0.311. The van der Waals surface area contributed by atoms with Crippen molar-refractivity contribution in [3.8, 4) is 5.69 Å². The number of hydrogen-bond acceptors (Lipinski definition) is 2. The molecule has 0 aliphatic rings. The van der Waals surface area contributed by atoms with Gasteiger partial charge in [0.1, 0.15) is 0 Å². The summed E-state index contributed by atoms with van der Waals surface area (Å²) in [4.78, 5) is 25.6. The zero-order valence-corrected chi connectivity index (χ0v) is 18.7. The topological polar surface area (TPSA) is 44.0 Å². The molecule has 0 bridgehead atoms. The molecule has 5 aromatic rings. The largest absolute Gasteiger partial charge is 0.289 e. The molecule has 166 valence electrons. The summed E-state index contributed by atoms with van der Waals surface area (Å²) in [6.45, 7) is 0.366. The second-order valence-electron chi connectivity index (χ2n) is 8.28. The van der Waals surface area contributed by atoms with Gasteiger partial charge in [-0.1, -0.05) is 91.0 Å². The fourth-order valence-corrected chi connectivity index (χ4v) is 4.17. The molecule has 0 amide bonds. The molecule has 0 aliphatic heterocycles. The molecular weight excluding hydrogens is 420 g/mol. The van der Waals surface area contributed by atoms with E-state index >= 15 is 0 Å². The molecule has 0 unspecified atom stereocenters. The molecule has 4 heteroatoms. The van der Waals surface area contributed by atoms with Gasteiger partial charge < -0.3 is 0 Å². The zero-order valence-electron chi connectivity index (χ0n) is 18.7. The van der Waals surface area contributed by atoms with Crippen LogP contribution in [0.2, 0.25) is 0 Å². The van der Waals surface area contributed by atoms with Gasteiger partial charge in [-0.05, 0) is 41.3 Å². The third-order valence-corrected chi connectivity index (χ3v) is 5.86. The molecule has 1 heterocycles. The van der Waals surface area contributed by atoms with Gasteiger partial charge in [-0.15, -0.1) is 0 Å². The summed E-state index contributed by atoms with van der Waals surface area (Å²) in [7, 11) is 0. The van der Waals surface area contributed by atoms with Gasteiger partial charge in [0.2, 0.25) is 0 Å². The Kier molecular flexibility index (Phi) is 6.04. The third-order valence-electron chi connectivity index (χ3n) is 5.86. The lowest BCUT2D eigenvalue weighted by Crippen LogP contribution is -2.22. The number of benzene rings is 4. The van der Waals surface area contributed by atoms with E-state index in [0.717, 1.165) is 17.7 Å². The predicted molar refractivity (Wildman–Crippen MR) is 135 cm³/mol. The van der Waals surface area contributed by atoms with Crippen LogP contribution in [0, 0.1) is 0 Å². The highest BCUT2D eigenvalue weighted by atomic mass is 16.1. The number of ketones is 1. The van der Waals surface area contributed by atoms with E-state index in [1.807, 2.05) is 89.6 Å². The Hall–Kier alpha value is -4.44. The van der Waals surface area contributed by atoms with Crippen LogP contribution in [-0.2, 0) is 13.0 Å². The molecule has 4 aromatic carbocycles. The lowest BCUT2D eigenvalue weighted by molar-refractivity contribution is 0.103. The number of carbonyl (C=O) groups is 1. The number of rotatable bonds is 7. The minimum atomic E-state index is -0.0896. The van der Waals surface area contributed by atoms with E-state index in [9.17, 15) is 9.59 Å². The predicted octanol–water partition coefficient (Wildman–Crippen LogP) is 5.51. The number of nitrogens with zero attached hydrogens (tertiary/aromatic N) is 2. The zero-order chi connectivity index (χ0) is 23.3. The SMILES string of the molecule is O=C(c1ccccc1)c1cccc(Cn2c(=O)ccn2-c2cccc(Cc3ccccc3)c2)c1. The Balaban J connectivity index is 1.43. The molecule has 0 saturated carbocycles. The fourth-order valence-electron chi connectivity index (χ4n) is 4.17. The average molecular weight is 445 g/mol. The van der Waals surface area contributed by atoms with E-state index in [0.29, 0.717) is 17.7 Å². The molecule has 0 spiro atoms. The van der Waals surface area contributed by atoms with Gasteiger partial charge in [-0.2, -0.15) is 0 Å². The Morgan fingerprint density at radius 2 is 1.26 bits per heavy atom. The van der Waals surface area contributed by atoms with Gasteiger partial charge in [0.05, 0.1) is 12.2 Å². The van der Waals surface area contributed by atoms with E-state index < -0.39 is 0 Å². The summed E-state index contributed by atoms with van der Waals surface area (Å²) in [5, 5.41) is 0. The molecule has 0 atom stereocenters. The summed E-state index contributed by atoms with van der Waals surface area (Å²) in [5.74, 6) is -0.0289. The van der Waals surface area contributed by atoms with Crippen molar-refractivity contribution in [2.24, 2.45) is 0 Å². The van der Waals surface area contributed by atoms with Crippen molar-refractivity contribution in [2.75, 3.05) is 0 Å². The molecule has 0 aliphatic carbocycles. The van der Waals surface area contributed by atoms with Crippen LogP contribution in [0.5, 0.6) is 0 Å². The monoisotopic (exact) mass is 444 g/mol. The molecule has 0 fully saturated rings. The van der Waals surface area contributed by atoms with Gasteiger partial charge in [-0.25, -0.2) is 4.68 Å². The molecule has 0 saturated heterocycles. The summed E-state index contributed by atoms with van der Waals surface area (Å²) >= 11 is 0. The van der Waals surface area contributed by atoms with Crippen LogP contribution < -0.4 is 5.56 Å². The second-order valence-corrected chi connectivity index (χ2v) is 8.28. The van der Waals surface area contributed by atoms with E-state index in [2.05, 4.69) is 24.3 Å². The first kappa shape index (κ1) is 21.4. The van der Waals surface area contributed by atoms with Crippen molar-refractivity contribution < 1.29 is 4.79 Å². The van der Waals surface area contributed by atoms with E-state index in [1.54, 1.807) is 16.9 Å². The minimum absolute atomic E-state index is 0.0289. The smallest absolute Gasteiger partial charge is 0.267 e. The van der Waals surface area contributed by atoms with Crippen molar-refractivity contribution >= 4 is 5.78 Å². The molecule has 34 heavy (non-hydrogen) atoms. The van der Waals surface area contributed by atoms with E-state index in [-0.39, 0.29) is 11.3 Å². The van der Waals surface area contributed by atoms with Crippen LogP contribution in [0.4, 0.5) is 0 Å². The van der Waals surface area contributed by atoms with Crippen molar-refractivity contribution in [2.45, 2.75) is 13.0 Å². The Bertz CT molecular complexity index is 1480. The van der Waals surface area contributed by atoms with Gasteiger partial charge in [0.15, 0.2) is 5.78 Å². The van der Waals surface area contributed by atoms with Crippen LogP contribution in [0.1, 0.15) is 32.6 Å². The van der Waals surface area contributed by atoms with Crippen molar-refractivity contribution in [3.05, 3.63) is 160 Å². The maximum atomic E-state index is 12.9. The van der Waals surface area contributed by atoms with Gasteiger partial charge in [-0.3, -0.25) is 14.3 Å². The fraction of sp³-hybridized carbons (Fsp3) is 0.0667. The molecule has 0 radical (unpaired) electrons. The highest BCUT2D eigenvalue weighted by Gasteiger charge is 2.11. The molecule has 1 aromatic heterocycles. The standard InChI is InChI=1S/C30H24N2O2/c33-29-17-18-31(28-16-8-11-24(21-28)19-23-9-3-1-4-10-23)32(29)22-25-12-7-15-27(20-25)30(34)26-13-5-2-6-14-26/h1-18,20-21H,19,22H2. The lowest BCUT2D eigenvalue weighted by Gasteiger charge is -2.14. The summed E-state index contributed by atoms with van der Waals surface area (Å²) in [6.07, 6.45) is 2.62. The molecule has 4 nitrogen and oxygen atoms in total. The van der Waals surface area contributed by atoms with Crippen LogP contribution >= 0.6 is 0 Å². The van der Waals surface area contributed by atoms with E-state index in [1.165, 1.54) is 11.1 Å². The van der Waals surface area contributed by atoms with Gasteiger partial charge in [0, 0.05) is 23.4 Å². The summed E-state index contributed by atoms with van der Waals surface area (Å²) in [5.41, 5.74) is 5.40. The number of hydrogen-bond donors (Lipinski definition) is 0. The summed E-state index contributed by atoms with van der Waals surface area (Å²) < 4.78 is 3.57. The molecule has 0 N–H and O–H groups in total. The number of aromatic nitrogens is 2. The van der Waals surface area contributed by atoms with Gasteiger partial charge >= 0.3 is 0 Å². The minimum Gasteiger partial charge on any atom is -0.289 e. The second kappa shape index (κ2) is 9.59. The van der Waals surface area contributed by atoms with Crippen molar-refractivity contribution in [1.29, 1.82) is 0 Å². The normalized spacial score (nSPS) is 10.8. The van der Waals surface area contributed by atoms with Crippen molar-refractivity contribution in [1.82, 2.24) is 9.36 Å². The molecular formula is C30H24N2O2. The molecule has 5 rings (SSSR count). The maximum Gasteiger partial charge on any atom is 0.267 e. The highest BCUT2D eigenvalue weighted by molar-refractivity contribution is 6.09. The first-order chi connectivity index (χ1) is 16.7. The highest BCUT2D eigenvalue weighted by Crippen LogP contribution is 2.16. The number of carbonyl (C=O) groups excluding carboxylic acids is 1. The van der Waals surface area contributed by atoms with Crippen LogP contribution in [-0.4, -0.2) is 15.1 Å².